The van der Waals surface area contributed by atoms with Crippen molar-refractivity contribution in [1.82, 2.24) is 0 Å². The van der Waals surface area contributed by atoms with Gasteiger partial charge in [-0.1, -0.05) is 22.8 Å². The molecule has 0 aliphatic rings. The van der Waals surface area contributed by atoms with Crippen LogP contribution in [0.5, 0.6) is 5.75 Å². The van der Waals surface area contributed by atoms with E-state index >= 15 is 0 Å². The number of nitrogens with zero attached hydrogens (tertiary/aromatic N) is 1. The molecule has 0 saturated heterocycles. The third-order valence-corrected chi connectivity index (χ3v) is 3.05. The van der Waals surface area contributed by atoms with Gasteiger partial charge in [-0.15, -0.1) is 0 Å². The van der Waals surface area contributed by atoms with Crippen LogP contribution in [-0.4, -0.2) is 12.8 Å². The summed E-state index contributed by atoms with van der Waals surface area (Å²) in [5.74, 6) is 0.440. The molecule has 0 heterocycles. The lowest BCUT2D eigenvalue weighted by atomic mass is 10.2. The van der Waals surface area contributed by atoms with E-state index in [1.54, 1.807) is 12.3 Å². The molecule has 0 unspecified atom stereocenters. The molecule has 0 spiro atoms. The zero-order valence-corrected chi connectivity index (χ0v) is 12.3. The minimum atomic E-state index is -0.373. The summed E-state index contributed by atoms with van der Waals surface area (Å²) in [7, 11) is 0. The number of oxime groups is 1. The molecule has 0 radical (unpaired) electrons. The maximum Gasteiger partial charge on any atom is 0.143 e. The van der Waals surface area contributed by atoms with Crippen LogP contribution < -0.4 is 4.74 Å². The number of halogens is 2. The molecule has 0 saturated carbocycles. The fourth-order valence-corrected chi connectivity index (χ4v) is 1.88. The molecule has 0 aromatic heterocycles. The zero-order chi connectivity index (χ0) is 15.1. The van der Waals surface area contributed by atoms with Gasteiger partial charge in [0.25, 0.3) is 0 Å². The summed E-state index contributed by atoms with van der Waals surface area (Å²) in [4.78, 5) is 5.15. The Kier molecular flexibility index (Phi) is 5.58. The zero-order valence-electron chi connectivity index (χ0n) is 11.6. The van der Waals surface area contributed by atoms with Crippen LogP contribution in [0, 0.1) is 5.82 Å². The fourth-order valence-electron chi connectivity index (χ4n) is 1.66. The molecule has 0 bridgehead atoms. The van der Waals surface area contributed by atoms with Gasteiger partial charge in [-0.05, 0) is 48.9 Å². The summed E-state index contributed by atoms with van der Waals surface area (Å²) in [6, 6.07) is 11.6. The highest BCUT2D eigenvalue weighted by Gasteiger charge is 2.01. The van der Waals surface area contributed by atoms with Gasteiger partial charge in [-0.2, -0.15) is 0 Å². The molecule has 0 aliphatic heterocycles. The number of rotatable bonds is 6. The highest BCUT2D eigenvalue weighted by molar-refractivity contribution is 6.31. The molecular formula is C16H15ClFNO2. The standard InChI is InChI=1S/C16H15ClFNO2/c1-2-20-15-7-3-12(4-8-15)10-19-21-11-13-5-6-14(18)9-16(13)17/h3-10H,2,11H2,1H3/b19-10+. The van der Waals surface area contributed by atoms with Crippen LogP contribution in [0.1, 0.15) is 18.1 Å². The molecule has 0 atom stereocenters. The predicted octanol–water partition coefficient (Wildman–Crippen LogP) is 4.43. The Morgan fingerprint density at radius 3 is 2.62 bits per heavy atom. The number of hydrogen-bond donors (Lipinski definition) is 0. The minimum absolute atomic E-state index is 0.187. The minimum Gasteiger partial charge on any atom is -0.494 e. The van der Waals surface area contributed by atoms with Gasteiger partial charge in [-0.25, -0.2) is 4.39 Å². The van der Waals surface area contributed by atoms with Crippen LogP contribution in [0.2, 0.25) is 5.02 Å². The van der Waals surface area contributed by atoms with Crippen molar-refractivity contribution in [2.45, 2.75) is 13.5 Å². The molecule has 2 aromatic carbocycles. The molecule has 0 fully saturated rings. The Morgan fingerprint density at radius 1 is 1.19 bits per heavy atom. The maximum atomic E-state index is 12.9. The van der Waals surface area contributed by atoms with Crippen LogP contribution >= 0.6 is 11.6 Å². The maximum absolute atomic E-state index is 12.9. The van der Waals surface area contributed by atoms with Crippen molar-refractivity contribution in [1.29, 1.82) is 0 Å². The predicted molar refractivity (Wildman–Crippen MR) is 81.4 cm³/mol. The Hall–Kier alpha value is -2.07. The molecular weight excluding hydrogens is 293 g/mol. The summed E-state index contributed by atoms with van der Waals surface area (Å²) < 4.78 is 18.2. The Balaban J connectivity index is 1.87. The van der Waals surface area contributed by atoms with Gasteiger partial charge in [0.15, 0.2) is 0 Å². The van der Waals surface area contributed by atoms with Crippen molar-refractivity contribution >= 4 is 17.8 Å². The van der Waals surface area contributed by atoms with Crippen molar-refractivity contribution in [3.63, 3.8) is 0 Å². The van der Waals surface area contributed by atoms with Crippen LogP contribution in [-0.2, 0) is 11.4 Å². The van der Waals surface area contributed by atoms with Crippen LogP contribution in [0.25, 0.3) is 0 Å². The largest absolute Gasteiger partial charge is 0.494 e. The van der Waals surface area contributed by atoms with E-state index in [0.717, 1.165) is 11.3 Å². The first-order valence-electron chi connectivity index (χ1n) is 6.51. The van der Waals surface area contributed by atoms with Crippen LogP contribution in [0.15, 0.2) is 47.6 Å². The summed E-state index contributed by atoms with van der Waals surface area (Å²) in [5, 5.41) is 4.18. The number of hydrogen-bond acceptors (Lipinski definition) is 3. The summed E-state index contributed by atoms with van der Waals surface area (Å²) in [6.07, 6.45) is 1.59. The van der Waals surface area contributed by atoms with Gasteiger partial charge in [0, 0.05) is 5.56 Å². The normalized spacial score (nSPS) is 10.8. The second-order valence-corrected chi connectivity index (χ2v) is 4.65. The van der Waals surface area contributed by atoms with E-state index in [9.17, 15) is 4.39 Å². The van der Waals surface area contributed by atoms with Crippen molar-refractivity contribution in [3.05, 3.63) is 64.4 Å². The van der Waals surface area contributed by atoms with E-state index in [1.807, 2.05) is 31.2 Å². The van der Waals surface area contributed by atoms with E-state index in [-0.39, 0.29) is 12.4 Å². The molecule has 5 heteroatoms. The Morgan fingerprint density at radius 2 is 1.95 bits per heavy atom. The smallest absolute Gasteiger partial charge is 0.143 e. The topological polar surface area (TPSA) is 30.8 Å². The molecule has 21 heavy (non-hydrogen) atoms. The summed E-state index contributed by atoms with van der Waals surface area (Å²) in [5.41, 5.74) is 1.57. The molecule has 2 aromatic rings. The molecule has 0 amide bonds. The highest BCUT2D eigenvalue weighted by Crippen LogP contribution is 2.18. The lowest BCUT2D eigenvalue weighted by Crippen LogP contribution is -1.92. The Bertz CT molecular complexity index is 614. The van der Waals surface area contributed by atoms with Crippen molar-refractivity contribution in [2.24, 2.45) is 5.16 Å². The average Bonchev–Trinajstić information content (AvgIpc) is 2.47. The van der Waals surface area contributed by atoms with E-state index < -0.39 is 0 Å². The van der Waals surface area contributed by atoms with Gasteiger partial charge in [-0.3, -0.25) is 0 Å². The highest BCUT2D eigenvalue weighted by atomic mass is 35.5. The van der Waals surface area contributed by atoms with Crippen LogP contribution in [0.3, 0.4) is 0 Å². The van der Waals surface area contributed by atoms with Gasteiger partial charge in [0.2, 0.25) is 0 Å². The molecule has 0 N–H and O–H groups in total. The third-order valence-electron chi connectivity index (χ3n) is 2.70. The first kappa shape index (κ1) is 15.3. The monoisotopic (exact) mass is 307 g/mol. The van der Waals surface area contributed by atoms with Gasteiger partial charge in [0.1, 0.15) is 18.2 Å². The first-order chi connectivity index (χ1) is 10.2. The first-order valence-corrected chi connectivity index (χ1v) is 6.89. The molecule has 3 nitrogen and oxygen atoms in total. The fraction of sp³-hybridized carbons (Fsp3) is 0.188. The lowest BCUT2D eigenvalue weighted by molar-refractivity contribution is 0.132. The second kappa shape index (κ2) is 7.64. The number of benzene rings is 2. The van der Waals surface area contributed by atoms with Crippen LogP contribution in [0.4, 0.5) is 4.39 Å². The van der Waals surface area contributed by atoms with Gasteiger partial charge < -0.3 is 9.57 Å². The molecule has 0 aliphatic carbocycles. The summed E-state index contributed by atoms with van der Waals surface area (Å²) >= 11 is 5.89. The van der Waals surface area contributed by atoms with Crippen molar-refractivity contribution in [3.8, 4) is 5.75 Å². The van der Waals surface area contributed by atoms with E-state index in [1.165, 1.54) is 12.1 Å². The second-order valence-electron chi connectivity index (χ2n) is 4.25. The molecule has 110 valence electrons. The SMILES string of the molecule is CCOc1ccc(/C=N/OCc2ccc(F)cc2Cl)cc1. The lowest BCUT2D eigenvalue weighted by Gasteiger charge is -2.03. The van der Waals surface area contributed by atoms with Crippen molar-refractivity contribution in [2.75, 3.05) is 6.61 Å². The average molecular weight is 308 g/mol. The number of ether oxygens (including phenoxy) is 1. The summed E-state index contributed by atoms with van der Waals surface area (Å²) in [6.45, 7) is 2.76. The quantitative estimate of drug-likeness (QED) is 0.584. The third kappa shape index (κ3) is 4.76. The van der Waals surface area contributed by atoms with E-state index in [0.29, 0.717) is 17.2 Å². The van der Waals surface area contributed by atoms with Crippen molar-refractivity contribution < 1.29 is 14.0 Å². The molecule has 2 rings (SSSR count). The van der Waals surface area contributed by atoms with E-state index in [2.05, 4.69) is 5.16 Å². The van der Waals surface area contributed by atoms with Gasteiger partial charge in [0.05, 0.1) is 17.8 Å². The Labute approximate surface area is 127 Å². The van der Waals surface area contributed by atoms with Gasteiger partial charge >= 0.3 is 0 Å². The van der Waals surface area contributed by atoms with E-state index in [4.69, 9.17) is 21.2 Å².